The van der Waals surface area contributed by atoms with E-state index in [1.54, 1.807) is 0 Å². The summed E-state index contributed by atoms with van der Waals surface area (Å²) in [4.78, 5) is 53.8. The number of ether oxygens (including phenoxy) is 1. The highest BCUT2D eigenvalue weighted by atomic mass is 19.1. The van der Waals surface area contributed by atoms with Gasteiger partial charge in [0, 0.05) is 12.5 Å². The molecule has 9 nitrogen and oxygen atoms in total. The van der Waals surface area contributed by atoms with Crippen LogP contribution in [0.4, 0.5) is 14.9 Å². The van der Waals surface area contributed by atoms with Gasteiger partial charge in [-0.3, -0.25) is 29.9 Å². The van der Waals surface area contributed by atoms with Crippen molar-refractivity contribution in [1.82, 2.24) is 15.6 Å². The molecule has 142 valence electrons. The quantitative estimate of drug-likeness (QED) is 0.769. The summed E-state index contributed by atoms with van der Waals surface area (Å²) < 4.78 is 18.4. The highest BCUT2D eigenvalue weighted by Gasteiger charge is 2.60. The van der Waals surface area contributed by atoms with Crippen LogP contribution in [0.3, 0.4) is 0 Å². The molecule has 0 radical (unpaired) electrons. The van der Waals surface area contributed by atoms with Gasteiger partial charge in [0.05, 0.1) is 11.9 Å². The zero-order valence-corrected chi connectivity index (χ0v) is 14.3. The Morgan fingerprint density at radius 1 is 1.00 bits per heavy atom. The Bertz CT molecular complexity index is 970. The summed E-state index contributed by atoms with van der Waals surface area (Å²) in [5.41, 5.74) is -1.64. The van der Waals surface area contributed by atoms with Gasteiger partial charge in [0.1, 0.15) is 11.6 Å². The molecule has 2 saturated heterocycles. The maximum atomic E-state index is 13.0. The van der Waals surface area contributed by atoms with Crippen LogP contribution < -0.4 is 20.3 Å². The normalized spacial score (nSPS) is 18.2. The van der Waals surface area contributed by atoms with Gasteiger partial charge < -0.3 is 4.74 Å². The molecule has 1 aromatic carbocycles. The van der Waals surface area contributed by atoms with E-state index < -0.39 is 35.1 Å². The topological polar surface area (TPSA) is 118 Å². The molecular formula is C18H13FN4O5. The number of carbonyl (C=O) groups is 4. The number of carbonyl (C=O) groups excluding carboxylic acids is 4. The Morgan fingerprint density at radius 2 is 1.68 bits per heavy atom. The highest BCUT2D eigenvalue weighted by molar-refractivity contribution is 6.28. The fraction of sp³-hybridized carbons (Fsp3) is 0.167. The molecule has 2 aromatic rings. The molecule has 2 N–H and O–H groups in total. The molecular weight excluding hydrogens is 371 g/mol. The molecule has 0 aliphatic carbocycles. The van der Waals surface area contributed by atoms with Gasteiger partial charge in [0.25, 0.3) is 11.8 Å². The first-order valence-corrected chi connectivity index (χ1v) is 8.29. The zero-order chi connectivity index (χ0) is 19.9. The van der Waals surface area contributed by atoms with Crippen molar-refractivity contribution in [3.8, 4) is 11.6 Å². The smallest absolute Gasteiger partial charge is 0.328 e. The Morgan fingerprint density at radius 3 is 2.29 bits per heavy atom. The predicted molar refractivity (Wildman–Crippen MR) is 91.8 cm³/mol. The van der Waals surface area contributed by atoms with E-state index in [0.29, 0.717) is 5.75 Å². The molecule has 28 heavy (non-hydrogen) atoms. The molecule has 1 spiro atoms. The lowest BCUT2D eigenvalue weighted by atomic mass is 9.92. The number of nitrogens with zero attached hydrogens (tertiary/aromatic N) is 2. The third-order valence-corrected chi connectivity index (χ3v) is 4.55. The summed E-state index contributed by atoms with van der Waals surface area (Å²) in [6.45, 7) is 0. The van der Waals surface area contributed by atoms with Crippen LogP contribution in [0.15, 0.2) is 42.6 Å². The largest absolute Gasteiger partial charge is 0.439 e. The van der Waals surface area contributed by atoms with Gasteiger partial charge in [-0.25, -0.2) is 14.2 Å². The van der Waals surface area contributed by atoms with Crippen molar-refractivity contribution in [1.29, 1.82) is 0 Å². The number of imide groups is 2. The summed E-state index contributed by atoms with van der Waals surface area (Å²) >= 11 is 0. The molecule has 2 aliphatic heterocycles. The average molecular weight is 384 g/mol. The van der Waals surface area contributed by atoms with Crippen LogP contribution in [-0.4, -0.2) is 34.3 Å². The zero-order valence-electron chi connectivity index (χ0n) is 14.3. The van der Waals surface area contributed by atoms with Crippen molar-refractivity contribution in [3.05, 3.63) is 48.4 Å². The van der Waals surface area contributed by atoms with Crippen molar-refractivity contribution in [2.45, 2.75) is 18.4 Å². The number of barbiturate groups is 1. The fourth-order valence-electron chi connectivity index (χ4n) is 3.25. The van der Waals surface area contributed by atoms with Crippen LogP contribution in [0.25, 0.3) is 0 Å². The monoisotopic (exact) mass is 384 g/mol. The van der Waals surface area contributed by atoms with Crippen molar-refractivity contribution in [3.63, 3.8) is 0 Å². The number of pyridine rings is 1. The van der Waals surface area contributed by atoms with Gasteiger partial charge in [-0.1, -0.05) is 0 Å². The Kier molecular flexibility index (Phi) is 4.03. The number of hydrogen-bond donors (Lipinski definition) is 2. The van der Waals surface area contributed by atoms with Gasteiger partial charge in [-0.2, -0.15) is 0 Å². The first kappa shape index (κ1) is 17.6. The standard InChI is InChI=1S/C18H13FN4O5/c19-10-1-4-12(5-2-10)28-13-6-3-11(9-20-13)23-14(24)7-8-18(23)15(25)21-17(27)22-16(18)26/h1-6,9H,7-8H2,(H2,21,22,25,26,27). The van der Waals surface area contributed by atoms with Gasteiger partial charge in [-0.05, 0) is 36.8 Å². The number of rotatable bonds is 3. The van der Waals surface area contributed by atoms with Crippen molar-refractivity contribution in [2.24, 2.45) is 0 Å². The molecule has 2 fully saturated rings. The average Bonchev–Trinajstić information content (AvgIpc) is 3.01. The Labute approximate surface area is 157 Å². The number of anilines is 1. The molecule has 5 amide bonds. The Balaban J connectivity index is 1.63. The van der Waals surface area contributed by atoms with Crippen LogP contribution in [0.1, 0.15) is 12.8 Å². The molecule has 3 heterocycles. The number of benzene rings is 1. The SMILES string of the molecule is O=C1NC(=O)C2(CCC(=O)N2c2ccc(Oc3ccc(F)cc3)nc2)C(=O)N1. The van der Waals surface area contributed by atoms with E-state index in [1.807, 2.05) is 10.6 Å². The van der Waals surface area contributed by atoms with Gasteiger partial charge in [-0.15, -0.1) is 0 Å². The molecule has 4 rings (SSSR count). The fourth-order valence-corrected chi connectivity index (χ4v) is 3.25. The number of aromatic nitrogens is 1. The van der Waals surface area contributed by atoms with E-state index in [-0.39, 0.29) is 24.4 Å². The molecule has 0 saturated carbocycles. The number of halogens is 1. The van der Waals surface area contributed by atoms with Crippen molar-refractivity contribution < 1.29 is 28.3 Å². The van der Waals surface area contributed by atoms with Crippen molar-refractivity contribution >= 4 is 29.4 Å². The van der Waals surface area contributed by atoms with Crippen LogP contribution in [0.2, 0.25) is 0 Å². The molecule has 0 unspecified atom stereocenters. The Hall–Kier alpha value is -3.82. The highest BCUT2D eigenvalue weighted by Crippen LogP contribution is 2.37. The maximum Gasteiger partial charge on any atom is 0.328 e. The van der Waals surface area contributed by atoms with Crippen LogP contribution in [0, 0.1) is 5.82 Å². The molecule has 0 atom stereocenters. The second kappa shape index (κ2) is 6.41. The summed E-state index contributed by atoms with van der Waals surface area (Å²) in [5.74, 6) is -2.05. The van der Waals surface area contributed by atoms with Crippen LogP contribution >= 0.6 is 0 Å². The number of urea groups is 1. The summed E-state index contributed by atoms with van der Waals surface area (Å²) in [6, 6.07) is 7.31. The van der Waals surface area contributed by atoms with E-state index in [2.05, 4.69) is 4.98 Å². The first-order chi connectivity index (χ1) is 13.4. The predicted octanol–water partition coefficient (Wildman–Crippen LogP) is 1.24. The van der Waals surface area contributed by atoms with E-state index >= 15 is 0 Å². The molecule has 1 aromatic heterocycles. The minimum absolute atomic E-state index is 0.0388. The first-order valence-electron chi connectivity index (χ1n) is 8.29. The summed E-state index contributed by atoms with van der Waals surface area (Å²) in [5, 5.41) is 4.06. The second-order valence-electron chi connectivity index (χ2n) is 6.24. The third kappa shape index (κ3) is 2.75. The van der Waals surface area contributed by atoms with E-state index in [9.17, 15) is 23.6 Å². The summed E-state index contributed by atoms with van der Waals surface area (Å²) in [6.07, 6.45) is 1.17. The van der Waals surface area contributed by atoms with E-state index in [1.165, 1.54) is 42.6 Å². The van der Waals surface area contributed by atoms with Gasteiger partial charge in [0.2, 0.25) is 17.3 Å². The summed E-state index contributed by atoms with van der Waals surface area (Å²) in [7, 11) is 0. The minimum atomic E-state index is -1.84. The van der Waals surface area contributed by atoms with E-state index in [0.717, 1.165) is 4.90 Å². The lowest BCUT2D eigenvalue weighted by molar-refractivity contribution is -0.138. The number of amides is 5. The lowest BCUT2D eigenvalue weighted by Crippen LogP contribution is -2.72. The van der Waals surface area contributed by atoms with Crippen LogP contribution in [0.5, 0.6) is 11.6 Å². The third-order valence-electron chi connectivity index (χ3n) is 4.55. The second-order valence-corrected chi connectivity index (χ2v) is 6.24. The van der Waals surface area contributed by atoms with Gasteiger partial charge in [0.15, 0.2) is 0 Å². The number of nitrogens with one attached hydrogen (secondary N) is 2. The van der Waals surface area contributed by atoms with Crippen LogP contribution in [-0.2, 0) is 14.4 Å². The minimum Gasteiger partial charge on any atom is -0.439 e. The molecule has 10 heteroatoms. The molecule has 2 aliphatic rings. The number of hydrogen-bond acceptors (Lipinski definition) is 6. The van der Waals surface area contributed by atoms with E-state index in [4.69, 9.17) is 4.74 Å². The van der Waals surface area contributed by atoms with Gasteiger partial charge >= 0.3 is 6.03 Å². The lowest BCUT2D eigenvalue weighted by Gasteiger charge is -2.37. The maximum absolute atomic E-state index is 13.0. The molecule has 0 bridgehead atoms. The van der Waals surface area contributed by atoms with Crippen molar-refractivity contribution in [2.75, 3.05) is 4.90 Å².